The number of benzene rings is 1. The Hall–Kier alpha value is -2.33. The van der Waals surface area contributed by atoms with E-state index in [2.05, 4.69) is 10.0 Å². The molecular weight excluding hydrogens is 398 g/mol. The van der Waals surface area contributed by atoms with Crippen LogP contribution in [-0.4, -0.2) is 65.5 Å². The van der Waals surface area contributed by atoms with Crippen LogP contribution in [0.4, 0.5) is 0 Å². The minimum atomic E-state index is -3.77. The average molecular weight is 428 g/mol. The summed E-state index contributed by atoms with van der Waals surface area (Å²) in [6.07, 6.45) is 1.73. The maximum Gasteiger partial charge on any atom is 0.240 e. The van der Waals surface area contributed by atoms with Crippen molar-refractivity contribution in [3.8, 4) is 11.5 Å². The van der Waals surface area contributed by atoms with Crippen LogP contribution in [0, 0.1) is 5.92 Å². The van der Waals surface area contributed by atoms with E-state index in [1.807, 2.05) is 0 Å². The lowest BCUT2D eigenvalue weighted by atomic mass is 9.96. The first-order valence-electron chi connectivity index (χ1n) is 9.50. The van der Waals surface area contributed by atoms with Gasteiger partial charge in [0.2, 0.25) is 21.8 Å². The van der Waals surface area contributed by atoms with Crippen molar-refractivity contribution in [2.75, 3.05) is 40.4 Å². The molecule has 29 heavy (non-hydrogen) atoms. The fraction of sp³-hybridized carbons (Fsp3) is 0.579. The first-order valence-corrected chi connectivity index (χ1v) is 11.0. The van der Waals surface area contributed by atoms with Gasteiger partial charge in [-0.05, 0) is 30.9 Å². The molecule has 0 aromatic heterocycles. The zero-order valence-electron chi connectivity index (χ0n) is 17.1. The van der Waals surface area contributed by atoms with E-state index in [4.69, 9.17) is 9.47 Å². The highest BCUT2D eigenvalue weighted by molar-refractivity contribution is 7.89. The number of likely N-dealkylation sites (tertiary alicyclic amines) is 1. The van der Waals surface area contributed by atoms with E-state index in [1.54, 1.807) is 4.90 Å². The molecule has 162 valence electrons. The summed E-state index contributed by atoms with van der Waals surface area (Å²) >= 11 is 0. The van der Waals surface area contributed by atoms with Gasteiger partial charge in [-0.3, -0.25) is 9.59 Å². The molecule has 1 aliphatic rings. The van der Waals surface area contributed by atoms with Gasteiger partial charge in [-0.25, -0.2) is 13.1 Å². The number of ether oxygens (including phenoxy) is 2. The lowest BCUT2D eigenvalue weighted by Gasteiger charge is -2.32. The SMILES string of the molecule is COc1ccc(S(=O)(=O)NCCC(=O)N2CCC(CNC(C)=O)CC2)cc1OC. The first-order chi connectivity index (χ1) is 13.8. The van der Waals surface area contributed by atoms with Gasteiger partial charge in [-0.15, -0.1) is 0 Å². The van der Waals surface area contributed by atoms with Crippen molar-refractivity contribution in [3.63, 3.8) is 0 Å². The van der Waals surface area contributed by atoms with Crippen LogP contribution in [0.2, 0.25) is 0 Å². The number of sulfonamides is 1. The lowest BCUT2D eigenvalue weighted by Crippen LogP contribution is -2.42. The molecule has 1 aromatic carbocycles. The third-order valence-corrected chi connectivity index (χ3v) is 6.36. The summed E-state index contributed by atoms with van der Waals surface area (Å²) in [7, 11) is -0.864. The van der Waals surface area contributed by atoms with Crippen LogP contribution in [0.1, 0.15) is 26.2 Å². The van der Waals surface area contributed by atoms with Gasteiger partial charge in [0, 0.05) is 45.6 Å². The molecule has 10 heteroatoms. The summed E-state index contributed by atoms with van der Waals surface area (Å²) in [5.41, 5.74) is 0. The summed E-state index contributed by atoms with van der Waals surface area (Å²) in [6, 6.07) is 4.32. The normalized spacial score (nSPS) is 15.1. The monoisotopic (exact) mass is 427 g/mol. The first kappa shape index (κ1) is 23.0. The predicted molar refractivity (Wildman–Crippen MR) is 107 cm³/mol. The van der Waals surface area contributed by atoms with E-state index in [0.717, 1.165) is 12.8 Å². The van der Waals surface area contributed by atoms with Crippen LogP contribution < -0.4 is 19.5 Å². The highest BCUT2D eigenvalue weighted by Crippen LogP contribution is 2.29. The molecule has 2 amide bonds. The molecule has 1 heterocycles. The van der Waals surface area contributed by atoms with Crippen LogP contribution in [-0.2, 0) is 19.6 Å². The second-order valence-corrected chi connectivity index (χ2v) is 8.69. The molecular formula is C19H29N3O6S. The van der Waals surface area contributed by atoms with Gasteiger partial charge < -0.3 is 19.7 Å². The van der Waals surface area contributed by atoms with Gasteiger partial charge in [0.05, 0.1) is 19.1 Å². The van der Waals surface area contributed by atoms with E-state index < -0.39 is 10.0 Å². The van der Waals surface area contributed by atoms with Crippen LogP contribution in [0.5, 0.6) is 11.5 Å². The molecule has 1 saturated heterocycles. The van der Waals surface area contributed by atoms with Gasteiger partial charge in [-0.1, -0.05) is 0 Å². The molecule has 1 aromatic rings. The number of rotatable bonds is 9. The van der Waals surface area contributed by atoms with Gasteiger partial charge in [0.1, 0.15) is 0 Å². The fourth-order valence-electron chi connectivity index (χ4n) is 3.19. The van der Waals surface area contributed by atoms with E-state index in [-0.39, 0.29) is 29.7 Å². The largest absolute Gasteiger partial charge is 0.493 e. The Morgan fingerprint density at radius 2 is 1.79 bits per heavy atom. The van der Waals surface area contributed by atoms with Gasteiger partial charge >= 0.3 is 0 Å². The van der Waals surface area contributed by atoms with E-state index in [1.165, 1.54) is 39.3 Å². The number of nitrogens with zero attached hydrogens (tertiary/aromatic N) is 1. The number of amides is 2. The molecule has 0 aliphatic carbocycles. The zero-order chi connectivity index (χ0) is 21.4. The number of nitrogens with one attached hydrogen (secondary N) is 2. The van der Waals surface area contributed by atoms with Crippen LogP contribution >= 0.6 is 0 Å². The van der Waals surface area contributed by atoms with Crippen molar-refractivity contribution in [1.29, 1.82) is 0 Å². The average Bonchev–Trinajstić information content (AvgIpc) is 2.71. The molecule has 0 spiro atoms. The van der Waals surface area contributed by atoms with E-state index >= 15 is 0 Å². The lowest BCUT2D eigenvalue weighted by molar-refractivity contribution is -0.132. The number of hydrogen-bond donors (Lipinski definition) is 2. The van der Waals surface area contributed by atoms with Crippen LogP contribution in [0.25, 0.3) is 0 Å². The Labute approximate surface area is 171 Å². The van der Waals surface area contributed by atoms with E-state index in [0.29, 0.717) is 37.1 Å². The minimum Gasteiger partial charge on any atom is -0.493 e. The number of carbonyl (C=O) groups excluding carboxylic acids is 2. The molecule has 2 rings (SSSR count). The van der Waals surface area contributed by atoms with Crippen molar-refractivity contribution in [2.45, 2.75) is 31.1 Å². The summed E-state index contributed by atoms with van der Waals surface area (Å²) in [5, 5.41) is 2.81. The summed E-state index contributed by atoms with van der Waals surface area (Å²) in [4.78, 5) is 25.1. The molecule has 0 radical (unpaired) electrons. The molecule has 9 nitrogen and oxygen atoms in total. The Morgan fingerprint density at radius 3 is 2.38 bits per heavy atom. The topological polar surface area (TPSA) is 114 Å². The number of carbonyl (C=O) groups is 2. The van der Waals surface area contributed by atoms with Crippen LogP contribution in [0.3, 0.4) is 0 Å². The van der Waals surface area contributed by atoms with Gasteiger partial charge in [-0.2, -0.15) is 0 Å². The summed E-state index contributed by atoms with van der Waals surface area (Å²) in [5.74, 6) is 0.979. The maximum absolute atomic E-state index is 12.5. The molecule has 0 saturated carbocycles. The molecule has 1 aliphatic heterocycles. The molecule has 2 N–H and O–H groups in total. The Kier molecular flexibility index (Phi) is 8.27. The standard InChI is InChI=1S/C19H29N3O6S/c1-14(23)20-13-15-7-10-22(11-8-15)19(24)6-9-21-29(25,26)16-4-5-17(27-2)18(12-16)28-3/h4-5,12,15,21H,6-11,13H2,1-3H3,(H,20,23). The molecule has 0 unspecified atom stereocenters. The van der Waals surface area contributed by atoms with Gasteiger partial charge in [0.15, 0.2) is 11.5 Å². The third-order valence-electron chi connectivity index (χ3n) is 4.90. The third kappa shape index (κ3) is 6.60. The fourth-order valence-corrected chi connectivity index (χ4v) is 4.24. The quantitative estimate of drug-likeness (QED) is 0.601. The zero-order valence-corrected chi connectivity index (χ0v) is 17.9. The second kappa shape index (κ2) is 10.4. The molecule has 0 atom stereocenters. The summed E-state index contributed by atoms with van der Waals surface area (Å²) < 4.78 is 37.6. The second-order valence-electron chi connectivity index (χ2n) is 6.93. The van der Waals surface area contributed by atoms with Gasteiger partial charge in [0.25, 0.3) is 0 Å². The predicted octanol–water partition coefficient (Wildman–Crippen LogP) is 0.747. The molecule has 1 fully saturated rings. The number of hydrogen-bond acceptors (Lipinski definition) is 6. The Bertz CT molecular complexity index is 819. The van der Waals surface area contributed by atoms with Crippen molar-refractivity contribution < 1.29 is 27.5 Å². The Morgan fingerprint density at radius 1 is 1.14 bits per heavy atom. The van der Waals surface area contributed by atoms with Crippen molar-refractivity contribution in [1.82, 2.24) is 14.9 Å². The summed E-state index contributed by atoms with van der Waals surface area (Å²) in [6.45, 7) is 3.36. The van der Waals surface area contributed by atoms with E-state index in [9.17, 15) is 18.0 Å². The smallest absolute Gasteiger partial charge is 0.240 e. The van der Waals surface area contributed by atoms with Crippen molar-refractivity contribution in [3.05, 3.63) is 18.2 Å². The number of methoxy groups -OCH3 is 2. The minimum absolute atomic E-state index is 0.0152. The highest BCUT2D eigenvalue weighted by Gasteiger charge is 2.23. The van der Waals surface area contributed by atoms with Crippen LogP contribution in [0.15, 0.2) is 23.1 Å². The molecule has 0 bridgehead atoms. The van der Waals surface area contributed by atoms with Crippen molar-refractivity contribution >= 4 is 21.8 Å². The highest BCUT2D eigenvalue weighted by atomic mass is 32.2. The Balaban J connectivity index is 1.82. The maximum atomic E-state index is 12.5. The van der Waals surface area contributed by atoms with Crippen molar-refractivity contribution in [2.24, 2.45) is 5.92 Å². The number of piperidine rings is 1.